The van der Waals surface area contributed by atoms with Gasteiger partial charge in [0.25, 0.3) is 0 Å². The van der Waals surface area contributed by atoms with Gasteiger partial charge in [-0.05, 0) is 6.92 Å². The van der Waals surface area contributed by atoms with Gasteiger partial charge < -0.3 is 14.9 Å². The Hall–Kier alpha value is 0.170. The van der Waals surface area contributed by atoms with E-state index in [9.17, 15) is 0 Å². The SMILES string of the molecule is CCOC(CO)C(O)CCl. The standard InChI is InChI=1S/C6H13ClO3/c1-2-10-6(4-8)5(9)3-7/h5-6,8-9H,2-4H2,1H3. The highest BCUT2D eigenvalue weighted by Crippen LogP contribution is 2.00. The molecule has 10 heavy (non-hydrogen) atoms. The lowest BCUT2D eigenvalue weighted by Crippen LogP contribution is -2.33. The summed E-state index contributed by atoms with van der Waals surface area (Å²) in [5.74, 6) is 0.0885. The van der Waals surface area contributed by atoms with Crippen molar-refractivity contribution in [3.8, 4) is 0 Å². The molecule has 0 amide bonds. The third kappa shape index (κ3) is 3.37. The Morgan fingerprint density at radius 2 is 2.20 bits per heavy atom. The van der Waals surface area contributed by atoms with E-state index in [-0.39, 0.29) is 12.5 Å². The molecular weight excluding hydrogens is 156 g/mol. The second-order valence-electron chi connectivity index (χ2n) is 1.90. The minimum atomic E-state index is -0.772. The normalized spacial score (nSPS) is 16.8. The summed E-state index contributed by atoms with van der Waals surface area (Å²) in [5, 5.41) is 17.6. The number of rotatable bonds is 5. The lowest BCUT2D eigenvalue weighted by Gasteiger charge is -2.17. The zero-order chi connectivity index (χ0) is 7.98. The topological polar surface area (TPSA) is 49.7 Å². The fourth-order valence-corrected chi connectivity index (χ4v) is 0.798. The van der Waals surface area contributed by atoms with E-state index in [1.54, 1.807) is 6.92 Å². The largest absolute Gasteiger partial charge is 0.394 e. The number of ether oxygens (including phenoxy) is 1. The molecule has 4 heteroatoms. The molecule has 0 aliphatic heterocycles. The summed E-state index contributed by atoms with van der Waals surface area (Å²) in [6.07, 6.45) is -1.31. The second-order valence-corrected chi connectivity index (χ2v) is 2.21. The van der Waals surface area contributed by atoms with Gasteiger partial charge in [0.15, 0.2) is 0 Å². The Kier molecular flexibility index (Phi) is 6.02. The van der Waals surface area contributed by atoms with Crippen LogP contribution in [0.15, 0.2) is 0 Å². The Morgan fingerprint density at radius 3 is 2.50 bits per heavy atom. The van der Waals surface area contributed by atoms with E-state index >= 15 is 0 Å². The van der Waals surface area contributed by atoms with Crippen LogP contribution in [0.4, 0.5) is 0 Å². The quantitative estimate of drug-likeness (QED) is 0.568. The molecule has 2 N–H and O–H groups in total. The molecule has 0 aromatic heterocycles. The number of hydrogen-bond acceptors (Lipinski definition) is 3. The van der Waals surface area contributed by atoms with Crippen molar-refractivity contribution >= 4 is 11.6 Å². The predicted molar refractivity (Wildman–Crippen MR) is 39.2 cm³/mol. The van der Waals surface area contributed by atoms with E-state index in [2.05, 4.69) is 0 Å². The van der Waals surface area contributed by atoms with Gasteiger partial charge in [-0.1, -0.05) is 0 Å². The van der Waals surface area contributed by atoms with Crippen molar-refractivity contribution in [3.05, 3.63) is 0 Å². The van der Waals surface area contributed by atoms with Gasteiger partial charge in [0.05, 0.1) is 18.6 Å². The molecule has 0 rings (SSSR count). The minimum Gasteiger partial charge on any atom is -0.394 e. The summed E-state index contributed by atoms with van der Waals surface area (Å²) >= 11 is 5.32. The van der Waals surface area contributed by atoms with Crippen molar-refractivity contribution < 1.29 is 14.9 Å². The monoisotopic (exact) mass is 168 g/mol. The van der Waals surface area contributed by atoms with E-state index in [4.69, 9.17) is 26.6 Å². The molecule has 0 aromatic rings. The van der Waals surface area contributed by atoms with Gasteiger partial charge in [-0.25, -0.2) is 0 Å². The third-order valence-corrected chi connectivity index (χ3v) is 1.46. The third-order valence-electron chi connectivity index (χ3n) is 1.15. The molecule has 0 aromatic carbocycles. The van der Waals surface area contributed by atoms with E-state index in [0.29, 0.717) is 6.61 Å². The molecular formula is C6H13ClO3. The molecule has 0 heterocycles. The number of aliphatic hydroxyl groups is 2. The first-order valence-electron chi connectivity index (χ1n) is 3.22. The van der Waals surface area contributed by atoms with Gasteiger partial charge in [-0.15, -0.1) is 11.6 Å². The average Bonchev–Trinajstić information content (AvgIpc) is 1.99. The summed E-state index contributed by atoms with van der Waals surface area (Å²) in [5.41, 5.74) is 0. The van der Waals surface area contributed by atoms with Crippen LogP contribution in [0.3, 0.4) is 0 Å². The van der Waals surface area contributed by atoms with Crippen LogP contribution in [-0.2, 0) is 4.74 Å². The number of halogens is 1. The fraction of sp³-hybridized carbons (Fsp3) is 1.00. The van der Waals surface area contributed by atoms with Crippen molar-refractivity contribution in [2.24, 2.45) is 0 Å². The Labute approximate surface area is 65.6 Å². The Balaban J connectivity index is 3.56. The first kappa shape index (κ1) is 10.2. The molecule has 2 unspecified atom stereocenters. The molecule has 0 aliphatic carbocycles. The van der Waals surface area contributed by atoms with Crippen LogP contribution in [0.2, 0.25) is 0 Å². The zero-order valence-electron chi connectivity index (χ0n) is 5.96. The molecule has 0 fully saturated rings. The van der Waals surface area contributed by atoms with Gasteiger partial charge in [0.1, 0.15) is 6.10 Å². The minimum absolute atomic E-state index is 0.0885. The van der Waals surface area contributed by atoms with E-state index in [1.807, 2.05) is 0 Å². The Bertz CT molecular complexity index is 79.4. The van der Waals surface area contributed by atoms with Gasteiger partial charge in [0.2, 0.25) is 0 Å². The average molecular weight is 169 g/mol. The second kappa shape index (κ2) is 5.92. The zero-order valence-corrected chi connectivity index (χ0v) is 6.71. The van der Waals surface area contributed by atoms with Crippen LogP contribution < -0.4 is 0 Å². The summed E-state index contributed by atoms with van der Waals surface area (Å²) in [6.45, 7) is 2.07. The van der Waals surface area contributed by atoms with Crippen molar-refractivity contribution in [1.82, 2.24) is 0 Å². The highest BCUT2D eigenvalue weighted by atomic mass is 35.5. The summed E-state index contributed by atoms with van der Waals surface area (Å²) in [4.78, 5) is 0. The Morgan fingerprint density at radius 1 is 1.60 bits per heavy atom. The summed E-state index contributed by atoms with van der Waals surface area (Å²) in [6, 6.07) is 0. The van der Waals surface area contributed by atoms with Gasteiger partial charge in [0, 0.05) is 6.61 Å². The number of aliphatic hydroxyl groups excluding tert-OH is 2. The van der Waals surface area contributed by atoms with Crippen LogP contribution in [0.5, 0.6) is 0 Å². The summed E-state index contributed by atoms with van der Waals surface area (Å²) < 4.78 is 4.96. The van der Waals surface area contributed by atoms with Crippen LogP contribution in [0.25, 0.3) is 0 Å². The van der Waals surface area contributed by atoms with Crippen molar-refractivity contribution in [2.75, 3.05) is 19.1 Å². The maximum atomic E-state index is 9.03. The highest BCUT2D eigenvalue weighted by Gasteiger charge is 2.16. The van der Waals surface area contributed by atoms with Gasteiger partial charge >= 0.3 is 0 Å². The molecule has 0 saturated heterocycles. The lowest BCUT2D eigenvalue weighted by molar-refractivity contribution is -0.0502. The fourth-order valence-electron chi connectivity index (χ4n) is 0.599. The molecule has 2 atom stereocenters. The molecule has 0 bridgehead atoms. The summed E-state index contributed by atoms with van der Waals surface area (Å²) in [7, 11) is 0. The lowest BCUT2D eigenvalue weighted by atomic mass is 10.2. The molecule has 3 nitrogen and oxygen atoms in total. The van der Waals surface area contributed by atoms with Crippen molar-refractivity contribution in [2.45, 2.75) is 19.1 Å². The van der Waals surface area contributed by atoms with Gasteiger partial charge in [-0.3, -0.25) is 0 Å². The first-order chi connectivity index (χ1) is 4.76. The molecule has 62 valence electrons. The predicted octanol–water partition coefficient (Wildman–Crippen LogP) is -0.0165. The molecule has 0 radical (unpaired) electrons. The van der Waals surface area contributed by atoms with Crippen LogP contribution in [0, 0.1) is 0 Å². The molecule has 0 aliphatic rings. The van der Waals surface area contributed by atoms with Crippen LogP contribution in [-0.4, -0.2) is 41.5 Å². The van der Waals surface area contributed by atoms with E-state index in [0.717, 1.165) is 0 Å². The first-order valence-corrected chi connectivity index (χ1v) is 3.76. The number of alkyl halides is 1. The van der Waals surface area contributed by atoms with Crippen LogP contribution in [0.1, 0.15) is 6.92 Å². The van der Waals surface area contributed by atoms with Crippen molar-refractivity contribution in [3.63, 3.8) is 0 Å². The van der Waals surface area contributed by atoms with Crippen LogP contribution >= 0.6 is 11.6 Å². The number of hydrogen-bond donors (Lipinski definition) is 2. The van der Waals surface area contributed by atoms with E-state index < -0.39 is 12.2 Å². The molecule has 0 saturated carbocycles. The molecule has 0 spiro atoms. The van der Waals surface area contributed by atoms with Crippen molar-refractivity contribution in [1.29, 1.82) is 0 Å². The maximum Gasteiger partial charge on any atom is 0.107 e. The van der Waals surface area contributed by atoms with Gasteiger partial charge in [-0.2, -0.15) is 0 Å². The smallest absolute Gasteiger partial charge is 0.107 e. The van der Waals surface area contributed by atoms with E-state index in [1.165, 1.54) is 0 Å². The highest BCUT2D eigenvalue weighted by molar-refractivity contribution is 6.18. The maximum absolute atomic E-state index is 9.03.